The molecule has 0 aromatic heterocycles. The number of nitrogens with one attached hydrogen (secondary N) is 3. The van der Waals surface area contributed by atoms with Crippen molar-refractivity contribution in [3.63, 3.8) is 0 Å². The van der Waals surface area contributed by atoms with Crippen LogP contribution in [0.1, 0.15) is 12.8 Å². The Kier molecular flexibility index (Phi) is 18.0. The number of amides is 2. The van der Waals surface area contributed by atoms with Crippen LogP contribution >= 0.6 is 31.9 Å². The van der Waals surface area contributed by atoms with Gasteiger partial charge in [-0.1, -0.05) is 31.9 Å². The molecular formula is C14H27Br2N3O4. The van der Waals surface area contributed by atoms with Crippen molar-refractivity contribution in [3.05, 3.63) is 0 Å². The highest BCUT2D eigenvalue weighted by Gasteiger charge is 1.97. The molecule has 0 spiro atoms. The summed E-state index contributed by atoms with van der Waals surface area (Å²) in [7, 11) is 0. The number of rotatable bonds is 16. The topological polar surface area (TPSA) is 88.7 Å². The molecule has 0 aliphatic carbocycles. The predicted octanol–water partition coefficient (Wildman–Crippen LogP) is 0.412. The van der Waals surface area contributed by atoms with E-state index in [1.54, 1.807) is 0 Å². The molecule has 0 bridgehead atoms. The molecular weight excluding hydrogens is 434 g/mol. The minimum Gasteiger partial charge on any atom is -0.380 e. The quantitative estimate of drug-likeness (QED) is 0.229. The highest BCUT2D eigenvalue weighted by atomic mass is 79.9. The lowest BCUT2D eigenvalue weighted by Gasteiger charge is -2.08. The number of carbonyl (C=O) groups is 2. The predicted molar refractivity (Wildman–Crippen MR) is 97.3 cm³/mol. The highest BCUT2D eigenvalue weighted by Crippen LogP contribution is 1.84. The zero-order chi connectivity index (χ0) is 17.2. The van der Waals surface area contributed by atoms with Gasteiger partial charge < -0.3 is 25.4 Å². The first kappa shape index (κ1) is 22.8. The number of ether oxygens (including phenoxy) is 2. The molecule has 0 aromatic carbocycles. The lowest BCUT2D eigenvalue weighted by molar-refractivity contribution is -0.119. The van der Waals surface area contributed by atoms with Crippen LogP contribution in [0.15, 0.2) is 0 Å². The summed E-state index contributed by atoms with van der Waals surface area (Å²) < 4.78 is 10.9. The van der Waals surface area contributed by atoms with Gasteiger partial charge in [0.05, 0.1) is 23.9 Å². The zero-order valence-electron chi connectivity index (χ0n) is 13.4. The first-order valence-electron chi connectivity index (χ1n) is 7.72. The maximum atomic E-state index is 10.9. The standard InChI is InChI=1S/C14H27Br2N3O4/c15-11-13(20)18-3-1-7-22-9-5-17-6-10-23-8-2-4-19-14(21)12-16/h17H,1-12H2,(H,18,20)(H,19,21). The van der Waals surface area contributed by atoms with Gasteiger partial charge in [-0.25, -0.2) is 0 Å². The Morgan fingerprint density at radius 1 is 0.696 bits per heavy atom. The zero-order valence-corrected chi connectivity index (χ0v) is 16.5. The summed E-state index contributed by atoms with van der Waals surface area (Å²) in [5.74, 6) is -0.00525. The van der Waals surface area contributed by atoms with Crippen molar-refractivity contribution in [3.8, 4) is 0 Å². The van der Waals surface area contributed by atoms with Gasteiger partial charge in [0.25, 0.3) is 0 Å². The van der Waals surface area contributed by atoms with Crippen LogP contribution < -0.4 is 16.0 Å². The molecule has 0 rings (SSSR count). The first-order valence-corrected chi connectivity index (χ1v) is 9.96. The summed E-state index contributed by atoms with van der Waals surface area (Å²) in [6.07, 6.45) is 1.63. The number of alkyl halides is 2. The molecule has 0 saturated heterocycles. The van der Waals surface area contributed by atoms with Crippen molar-refractivity contribution in [1.29, 1.82) is 0 Å². The Balaban J connectivity index is 3.05. The lowest BCUT2D eigenvalue weighted by atomic mass is 10.4. The molecule has 3 N–H and O–H groups in total. The molecule has 0 radical (unpaired) electrons. The van der Waals surface area contributed by atoms with E-state index in [1.165, 1.54) is 0 Å². The third-order valence-corrected chi connectivity index (χ3v) is 3.68. The average molecular weight is 461 g/mol. The van der Waals surface area contributed by atoms with E-state index in [0.717, 1.165) is 25.9 Å². The van der Waals surface area contributed by atoms with E-state index < -0.39 is 0 Å². The molecule has 0 aliphatic rings. The molecule has 0 heterocycles. The minimum atomic E-state index is -0.00262. The monoisotopic (exact) mass is 459 g/mol. The average Bonchev–Trinajstić information content (AvgIpc) is 2.57. The van der Waals surface area contributed by atoms with Crippen LogP contribution in [0.3, 0.4) is 0 Å². The molecule has 0 fully saturated rings. The molecule has 2 amide bonds. The van der Waals surface area contributed by atoms with E-state index in [4.69, 9.17) is 9.47 Å². The minimum absolute atomic E-state index is 0.00262. The van der Waals surface area contributed by atoms with Crippen LogP contribution in [0.2, 0.25) is 0 Å². The molecule has 0 unspecified atom stereocenters. The Labute approximate surface area is 154 Å². The smallest absolute Gasteiger partial charge is 0.230 e. The second kappa shape index (κ2) is 18.1. The van der Waals surface area contributed by atoms with Crippen molar-refractivity contribution in [2.45, 2.75) is 12.8 Å². The maximum absolute atomic E-state index is 10.9. The second-order valence-electron chi connectivity index (χ2n) is 4.65. The summed E-state index contributed by atoms with van der Waals surface area (Å²) in [5, 5.41) is 9.41. The lowest BCUT2D eigenvalue weighted by Crippen LogP contribution is -2.27. The van der Waals surface area contributed by atoms with Crippen LogP contribution in [0.5, 0.6) is 0 Å². The number of hydrogen-bond donors (Lipinski definition) is 3. The van der Waals surface area contributed by atoms with Gasteiger partial charge in [0.1, 0.15) is 0 Å². The SMILES string of the molecule is O=C(CBr)NCCCOCCNCCOCCCNC(=O)CBr. The van der Waals surface area contributed by atoms with Crippen LogP contribution in [-0.4, -0.2) is 75.1 Å². The van der Waals surface area contributed by atoms with E-state index in [-0.39, 0.29) is 11.8 Å². The van der Waals surface area contributed by atoms with Gasteiger partial charge in [0.2, 0.25) is 11.8 Å². The molecule has 0 atom stereocenters. The van der Waals surface area contributed by atoms with E-state index in [2.05, 4.69) is 47.8 Å². The summed E-state index contributed by atoms with van der Waals surface area (Å²) in [4.78, 5) is 21.9. The van der Waals surface area contributed by atoms with Crippen LogP contribution in [0, 0.1) is 0 Å². The normalized spacial score (nSPS) is 10.5. The Hall–Kier alpha value is -0.220. The number of carbonyl (C=O) groups excluding carboxylic acids is 2. The maximum Gasteiger partial charge on any atom is 0.230 e. The fraction of sp³-hybridized carbons (Fsp3) is 0.857. The second-order valence-corrected chi connectivity index (χ2v) is 5.77. The fourth-order valence-electron chi connectivity index (χ4n) is 1.52. The van der Waals surface area contributed by atoms with Crippen molar-refractivity contribution >= 4 is 43.7 Å². The molecule has 136 valence electrons. The third-order valence-electron chi connectivity index (χ3n) is 2.66. The van der Waals surface area contributed by atoms with E-state index in [0.29, 0.717) is 50.2 Å². The van der Waals surface area contributed by atoms with E-state index >= 15 is 0 Å². The van der Waals surface area contributed by atoms with Crippen molar-refractivity contribution in [1.82, 2.24) is 16.0 Å². The van der Waals surface area contributed by atoms with Gasteiger partial charge in [-0.3, -0.25) is 9.59 Å². The van der Waals surface area contributed by atoms with Gasteiger partial charge in [0.15, 0.2) is 0 Å². The largest absolute Gasteiger partial charge is 0.380 e. The van der Waals surface area contributed by atoms with E-state index in [1.807, 2.05) is 0 Å². The van der Waals surface area contributed by atoms with Crippen molar-refractivity contribution in [2.24, 2.45) is 0 Å². The van der Waals surface area contributed by atoms with Gasteiger partial charge in [-0.2, -0.15) is 0 Å². The highest BCUT2D eigenvalue weighted by molar-refractivity contribution is 9.09. The number of hydrogen-bond acceptors (Lipinski definition) is 5. The van der Waals surface area contributed by atoms with E-state index in [9.17, 15) is 9.59 Å². The van der Waals surface area contributed by atoms with Crippen LogP contribution in [0.4, 0.5) is 0 Å². The molecule has 0 aliphatic heterocycles. The summed E-state index contributed by atoms with van der Waals surface area (Å²) in [6.45, 7) is 5.40. The third kappa shape index (κ3) is 18.0. The Morgan fingerprint density at radius 2 is 1.13 bits per heavy atom. The Morgan fingerprint density at radius 3 is 1.52 bits per heavy atom. The number of halogens is 2. The van der Waals surface area contributed by atoms with Crippen molar-refractivity contribution in [2.75, 3.05) is 63.3 Å². The van der Waals surface area contributed by atoms with Gasteiger partial charge in [-0.05, 0) is 12.8 Å². The summed E-state index contributed by atoms with van der Waals surface area (Å²) in [6, 6.07) is 0. The fourth-order valence-corrected chi connectivity index (χ4v) is 1.91. The summed E-state index contributed by atoms with van der Waals surface area (Å²) >= 11 is 6.17. The first-order chi connectivity index (χ1) is 11.2. The Bertz CT molecular complexity index is 282. The molecule has 23 heavy (non-hydrogen) atoms. The molecule has 0 aromatic rings. The van der Waals surface area contributed by atoms with Crippen LogP contribution in [-0.2, 0) is 19.1 Å². The van der Waals surface area contributed by atoms with Crippen LogP contribution in [0.25, 0.3) is 0 Å². The molecule has 9 heteroatoms. The van der Waals surface area contributed by atoms with Gasteiger partial charge in [0, 0.05) is 39.4 Å². The van der Waals surface area contributed by atoms with Gasteiger partial charge in [-0.15, -0.1) is 0 Å². The summed E-state index contributed by atoms with van der Waals surface area (Å²) in [5.41, 5.74) is 0. The van der Waals surface area contributed by atoms with Gasteiger partial charge >= 0.3 is 0 Å². The molecule has 0 saturated carbocycles. The molecule has 7 nitrogen and oxygen atoms in total. The van der Waals surface area contributed by atoms with Crippen molar-refractivity contribution < 1.29 is 19.1 Å².